The highest BCUT2D eigenvalue weighted by Crippen LogP contribution is 2.74. The molecule has 3 saturated carbocycles. The Labute approximate surface area is 121 Å². The molecule has 0 saturated heterocycles. The molecule has 3 aliphatic carbocycles. The average Bonchev–Trinajstić information content (AvgIpc) is 2.56. The Kier molecular flexibility index (Phi) is 2.72. The molecule has 20 heavy (non-hydrogen) atoms. The van der Waals surface area contributed by atoms with Gasteiger partial charge in [0, 0.05) is 31.1 Å². The van der Waals surface area contributed by atoms with Crippen LogP contribution in [0.4, 0.5) is 0 Å². The molecule has 0 radical (unpaired) electrons. The topological polar surface area (TPSA) is 43.4 Å². The molecular weight excluding hydrogens is 252 g/mol. The first-order valence-electron chi connectivity index (χ1n) is 7.81. The van der Waals surface area contributed by atoms with Crippen LogP contribution in [0.2, 0.25) is 0 Å². The zero-order valence-electron chi connectivity index (χ0n) is 13.3. The second-order valence-electron chi connectivity index (χ2n) is 8.42. The molecule has 3 fully saturated rings. The van der Waals surface area contributed by atoms with Crippen molar-refractivity contribution >= 4 is 11.8 Å². The van der Waals surface area contributed by atoms with Crippen LogP contribution in [0.5, 0.6) is 0 Å². The highest BCUT2D eigenvalue weighted by atomic mass is 16.5. The number of hydrogen-bond acceptors (Lipinski definition) is 3. The average molecular weight is 278 g/mol. The molecule has 3 heteroatoms. The van der Waals surface area contributed by atoms with E-state index >= 15 is 0 Å². The Bertz CT molecular complexity index is 481. The lowest BCUT2D eigenvalue weighted by Gasteiger charge is -2.45. The van der Waals surface area contributed by atoms with E-state index in [2.05, 4.69) is 27.7 Å². The Morgan fingerprint density at radius 3 is 2.40 bits per heavy atom. The molecule has 0 aliphatic heterocycles. The number of Topliss-reactive ketones (excluding diaryl/α,β-unsaturated/α-hetero) is 1. The molecule has 3 nitrogen and oxygen atoms in total. The van der Waals surface area contributed by atoms with Crippen molar-refractivity contribution in [3.63, 3.8) is 0 Å². The van der Waals surface area contributed by atoms with Gasteiger partial charge in [0.2, 0.25) is 0 Å². The highest BCUT2D eigenvalue weighted by Gasteiger charge is 2.73. The van der Waals surface area contributed by atoms with E-state index < -0.39 is 0 Å². The second kappa shape index (κ2) is 3.86. The van der Waals surface area contributed by atoms with Gasteiger partial charge in [0.15, 0.2) is 0 Å². The summed E-state index contributed by atoms with van der Waals surface area (Å²) in [6, 6.07) is 0. The normalized spacial score (nSPS) is 49.0. The number of carbonyl (C=O) groups excluding carboxylic acids is 2. The molecule has 0 spiro atoms. The van der Waals surface area contributed by atoms with Crippen LogP contribution in [-0.2, 0) is 14.3 Å². The number of rotatable bonds is 1. The molecule has 112 valence electrons. The van der Waals surface area contributed by atoms with Crippen LogP contribution in [0.3, 0.4) is 0 Å². The van der Waals surface area contributed by atoms with E-state index in [1.165, 1.54) is 13.3 Å². The van der Waals surface area contributed by atoms with Gasteiger partial charge in [0.25, 0.3) is 0 Å². The molecule has 0 N–H and O–H groups in total. The zero-order valence-corrected chi connectivity index (χ0v) is 13.3. The summed E-state index contributed by atoms with van der Waals surface area (Å²) in [7, 11) is 0. The van der Waals surface area contributed by atoms with Gasteiger partial charge in [0.1, 0.15) is 11.9 Å². The van der Waals surface area contributed by atoms with Gasteiger partial charge < -0.3 is 4.74 Å². The van der Waals surface area contributed by atoms with Crippen molar-refractivity contribution in [1.82, 2.24) is 0 Å². The van der Waals surface area contributed by atoms with Crippen LogP contribution in [0.1, 0.15) is 60.3 Å². The molecule has 5 atom stereocenters. The van der Waals surface area contributed by atoms with Crippen molar-refractivity contribution in [2.75, 3.05) is 0 Å². The fourth-order valence-corrected chi connectivity index (χ4v) is 5.90. The second-order valence-corrected chi connectivity index (χ2v) is 8.42. The van der Waals surface area contributed by atoms with Gasteiger partial charge >= 0.3 is 5.97 Å². The summed E-state index contributed by atoms with van der Waals surface area (Å²) in [6.07, 6.45) is 3.51. The van der Waals surface area contributed by atoms with E-state index in [-0.39, 0.29) is 28.3 Å². The van der Waals surface area contributed by atoms with Crippen molar-refractivity contribution in [3.8, 4) is 0 Å². The molecule has 3 rings (SSSR count). The Morgan fingerprint density at radius 2 is 1.80 bits per heavy atom. The van der Waals surface area contributed by atoms with Gasteiger partial charge in [0.05, 0.1) is 0 Å². The smallest absolute Gasteiger partial charge is 0.302 e. The summed E-state index contributed by atoms with van der Waals surface area (Å²) in [5.41, 5.74) is -0.109. The summed E-state index contributed by atoms with van der Waals surface area (Å²) in [4.78, 5) is 24.0. The van der Waals surface area contributed by atoms with E-state index in [4.69, 9.17) is 4.74 Å². The largest absolute Gasteiger partial charge is 0.462 e. The third-order valence-corrected chi connectivity index (χ3v) is 6.90. The third-order valence-electron chi connectivity index (χ3n) is 6.90. The van der Waals surface area contributed by atoms with Crippen LogP contribution >= 0.6 is 0 Å². The van der Waals surface area contributed by atoms with Crippen LogP contribution in [0, 0.1) is 28.1 Å². The van der Waals surface area contributed by atoms with Gasteiger partial charge in [-0.1, -0.05) is 27.7 Å². The number of ketones is 1. The van der Waals surface area contributed by atoms with Crippen LogP contribution < -0.4 is 0 Å². The first-order valence-corrected chi connectivity index (χ1v) is 7.81. The summed E-state index contributed by atoms with van der Waals surface area (Å²) < 4.78 is 5.80. The minimum Gasteiger partial charge on any atom is -0.462 e. The van der Waals surface area contributed by atoms with Crippen molar-refractivity contribution < 1.29 is 14.3 Å². The quantitative estimate of drug-likeness (QED) is 0.691. The predicted octanol–water partition coefficient (Wildman–Crippen LogP) is 3.36. The van der Waals surface area contributed by atoms with E-state index in [1.54, 1.807) is 0 Å². The monoisotopic (exact) mass is 278 g/mol. The van der Waals surface area contributed by atoms with Gasteiger partial charge in [-0.15, -0.1) is 0 Å². The van der Waals surface area contributed by atoms with Gasteiger partial charge in [-0.25, -0.2) is 0 Å². The van der Waals surface area contributed by atoms with E-state index in [1.807, 2.05) is 0 Å². The molecule has 0 heterocycles. The zero-order chi connectivity index (χ0) is 14.9. The maximum absolute atomic E-state index is 12.4. The summed E-state index contributed by atoms with van der Waals surface area (Å²) in [6.45, 7) is 10.4. The third kappa shape index (κ3) is 1.52. The molecule has 0 aromatic carbocycles. The van der Waals surface area contributed by atoms with Crippen LogP contribution in [0.25, 0.3) is 0 Å². The SMILES string of the molecule is CC(=O)O[C@@H]1[C@@H]2[C@@H]3CC[C@@]1(C)[C@]3(C)CC(=O)CC2(C)C. The van der Waals surface area contributed by atoms with E-state index in [9.17, 15) is 9.59 Å². The van der Waals surface area contributed by atoms with Gasteiger partial charge in [-0.2, -0.15) is 0 Å². The van der Waals surface area contributed by atoms with Crippen molar-refractivity contribution in [3.05, 3.63) is 0 Å². The highest BCUT2D eigenvalue weighted by molar-refractivity contribution is 5.81. The predicted molar refractivity (Wildman–Crippen MR) is 76.0 cm³/mol. The first-order chi connectivity index (χ1) is 9.12. The van der Waals surface area contributed by atoms with Crippen molar-refractivity contribution in [2.45, 2.75) is 66.4 Å². The van der Waals surface area contributed by atoms with Crippen LogP contribution in [-0.4, -0.2) is 17.9 Å². The van der Waals surface area contributed by atoms with E-state index in [0.29, 0.717) is 30.5 Å². The minimum absolute atomic E-state index is 0.00262. The first kappa shape index (κ1) is 14.1. The fraction of sp³-hybridized carbons (Fsp3) is 0.882. The lowest BCUT2D eigenvalue weighted by molar-refractivity contribution is -0.164. The molecular formula is C17H26O3. The summed E-state index contributed by atoms with van der Waals surface area (Å²) >= 11 is 0. The maximum atomic E-state index is 12.4. The minimum atomic E-state index is -0.182. The van der Waals surface area contributed by atoms with Gasteiger partial charge in [-0.05, 0) is 29.6 Å². The summed E-state index contributed by atoms with van der Waals surface area (Å²) in [5.74, 6) is 1.04. The fourth-order valence-electron chi connectivity index (χ4n) is 5.90. The molecule has 0 amide bonds. The van der Waals surface area contributed by atoms with Gasteiger partial charge in [-0.3, -0.25) is 9.59 Å². The van der Waals surface area contributed by atoms with Crippen LogP contribution in [0.15, 0.2) is 0 Å². The number of hydrogen-bond donors (Lipinski definition) is 0. The lowest BCUT2D eigenvalue weighted by Crippen LogP contribution is -2.47. The number of ether oxygens (including phenoxy) is 1. The molecule has 3 aliphatic rings. The summed E-state index contributed by atoms with van der Waals surface area (Å²) in [5, 5.41) is 0. The Balaban J connectivity index is 2.12. The van der Waals surface area contributed by atoms with E-state index in [0.717, 1.165) is 6.42 Å². The Morgan fingerprint density at radius 1 is 1.15 bits per heavy atom. The number of carbonyl (C=O) groups is 2. The molecule has 0 aromatic rings. The van der Waals surface area contributed by atoms with Crippen molar-refractivity contribution in [1.29, 1.82) is 0 Å². The lowest BCUT2D eigenvalue weighted by atomic mass is 9.62. The number of esters is 1. The molecule has 0 aromatic heterocycles. The van der Waals surface area contributed by atoms with Crippen molar-refractivity contribution in [2.24, 2.45) is 28.1 Å². The standard InChI is InChI=1S/C17H26O3/c1-10(18)20-14-13-12-6-7-16(14,4)17(12,5)9-11(19)8-15(13,2)3/h12-14H,6-9H2,1-5H3/t12-,13-,14+,16+,17+/m0/s1. The maximum Gasteiger partial charge on any atom is 0.302 e. The molecule has 4 bridgehead atoms. The Hall–Kier alpha value is -0.860. The molecule has 0 unspecified atom stereocenters.